The van der Waals surface area contributed by atoms with Gasteiger partial charge >= 0.3 is 5.97 Å². The monoisotopic (exact) mass is 450 g/mol. The summed E-state index contributed by atoms with van der Waals surface area (Å²) in [5, 5.41) is 17.9. The van der Waals surface area contributed by atoms with E-state index < -0.39 is 5.97 Å². The third kappa shape index (κ3) is 10.8. The summed E-state index contributed by atoms with van der Waals surface area (Å²) in [5.41, 5.74) is 0.777. The van der Waals surface area contributed by atoms with E-state index in [4.69, 9.17) is 14.6 Å². The molecular formula is C21H31FN6O4. The molecule has 2 rings (SSSR count). The van der Waals surface area contributed by atoms with Crippen LogP contribution in [0.3, 0.4) is 0 Å². The number of anilines is 3. The Morgan fingerprint density at radius 1 is 0.969 bits per heavy atom. The van der Waals surface area contributed by atoms with Crippen LogP contribution >= 0.6 is 0 Å². The number of ether oxygens (including phenoxy) is 2. The number of carboxylic acid groups (broad SMARTS) is 1. The van der Waals surface area contributed by atoms with Crippen LogP contribution in [-0.4, -0.2) is 65.5 Å². The number of carboxylic acids is 1. The lowest BCUT2D eigenvalue weighted by atomic mass is 10.2. The molecule has 0 aliphatic carbocycles. The normalized spacial score (nSPS) is 10.7. The first-order valence-corrected chi connectivity index (χ1v) is 10.7. The van der Waals surface area contributed by atoms with Crippen LogP contribution in [0.5, 0.6) is 0 Å². The van der Waals surface area contributed by atoms with E-state index in [9.17, 15) is 9.18 Å². The molecule has 0 aliphatic rings. The maximum absolute atomic E-state index is 13.4. The molecule has 0 atom stereocenters. The minimum Gasteiger partial charge on any atom is -0.481 e. The molecule has 32 heavy (non-hydrogen) atoms. The summed E-state index contributed by atoms with van der Waals surface area (Å²) in [5.74, 6) is 0.0309. The highest BCUT2D eigenvalue weighted by molar-refractivity contribution is 5.66. The summed E-state index contributed by atoms with van der Waals surface area (Å²) >= 11 is 0. The van der Waals surface area contributed by atoms with Crippen LogP contribution in [-0.2, 0) is 20.8 Å². The fourth-order valence-electron chi connectivity index (χ4n) is 2.53. The van der Waals surface area contributed by atoms with Crippen molar-refractivity contribution in [2.45, 2.75) is 32.7 Å². The summed E-state index contributed by atoms with van der Waals surface area (Å²) in [6.45, 7) is 4.96. The van der Waals surface area contributed by atoms with Gasteiger partial charge in [-0.3, -0.25) is 4.79 Å². The minimum absolute atomic E-state index is 0.0227. The van der Waals surface area contributed by atoms with Crippen molar-refractivity contribution in [2.24, 2.45) is 0 Å². The molecule has 0 radical (unpaired) electrons. The standard InChI is InChI=1S/C21H31FN6O4/c1-2-3-8-23-19-26-20(24-9-11-32-13-12-31-10-7-18(29)30)28-21(27-19)25-15-16-5-4-6-17(22)14-16/h4-6,14H,2-3,7-13,15H2,1H3,(H,29,30)(H3,23,24,25,26,27,28). The molecule has 0 saturated heterocycles. The molecule has 10 nitrogen and oxygen atoms in total. The van der Waals surface area contributed by atoms with Gasteiger partial charge in [0.2, 0.25) is 17.8 Å². The number of unbranched alkanes of at least 4 members (excludes halogenated alkanes) is 1. The van der Waals surface area contributed by atoms with E-state index >= 15 is 0 Å². The maximum atomic E-state index is 13.4. The number of hydrogen-bond donors (Lipinski definition) is 4. The minimum atomic E-state index is -0.888. The first-order chi connectivity index (χ1) is 15.6. The van der Waals surface area contributed by atoms with E-state index in [0.717, 1.165) is 24.9 Å². The second kappa shape index (κ2) is 14.9. The van der Waals surface area contributed by atoms with Gasteiger partial charge in [0.1, 0.15) is 5.82 Å². The molecule has 176 valence electrons. The summed E-state index contributed by atoms with van der Waals surface area (Å²) < 4.78 is 24.0. The summed E-state index contributed by atoms with van der Waals surface area (Å²) in [4.78, 5) is 23.5. The number of carbonyl (C=O) groups is 1. The van der Waals surface area contributed by atoms with Crippen molar-refractivity contribution in [3.8, 4) is 0 Å². The van der Waals surface area contributed by atoms with Crippen molar-refractivity contribution < 1.29 is 23.8 Å². The Labute approximate surface area is 187 Å². The Bertz CT molecular complexity index is 827. The predicted molar refractivity (Wildman–Crippen MR) is 119 cm³/mol. The van der Waals surface area contributed by atoms with Gasteiger partial charge in [0.15, 0.2) is 0 Å². The third-order valence-electron chi connectivity index (χ3n) is 4.15. The highest BCUT2D eigenvalue weighted by Crippen LogP contribution is 2.12. The van der Waals surface area contributed by atoms with E-state index in [1.165, 1.54) is 12.1 Å². The Morgan fingerprint density at radius 3 is 2.28 bits per heavy atom. The molecule has 1 aromatic heterocycles. The molecule has 0 amide bonds. The number of hydrogen-bond acceptors (Lipinski definition) is 9. The Morgan fingerprint density at radius 2 is 1.62 bits per heavy atom. The highest BCUT2D eigenvalue weighted by Gasteiger charge is 2.07. The van der Waals surface area contributed by atoms with Crippen LogP contribution in [0.25, 0.3) is 0 Å². The highest BCUT2D eigenvalue weighted by atomic mass is 19.1. The zero-order valence-corrected chi connectivity index (χ0v) is 18.3. The number of rotatable bonds is 17. The first kappa shape index (κ1) is 25.2. The summed E-state index contributed by atoms with van der Waals surface area (Å²) in [7, 11) is 0. The van der Waals surface area contributed by atoms with Gasteiger partial charge < -0.3 is 30.5 Å². The van der Waals surface area contributed by atoms with Crippen LogP contribution in [0.15, 0.2) is 24.3 Å². The molecular weight excluding hydrogens is 419 g/mol. The Balaban J connectivity index is 1.81. The quantitative estimate of drug-likeness (QED) is 0.267. The fraction of sp³-hybridized carbons (Fsp3) is 0.524. The summed E-state index contributed by atoms with van der Waals surface area (Å²) in [6.07, 6.45) is 2.01. The third-order valence-corrected chi connectivity index (χ3v) is 4.15. The summed E-state index contributed by atoms with van der Waals surface area (Å²) in [6, 6.07) is 6.33. The predicted octanol–water partition coefficient (Wildman–Crippen LogP) is 2.75. The van der Waals surface area contributed by atoms with E-state index in [1.54, 1.807) is 6.07 Å². The Kier molecular flexibility index (Phi) is 11.7. The van der Waals surface area contributed by atoms with Crippen LogP contribution in [0, 0.1) is 5.82 Å². The number of aliphatic carboxylic acids is 1. The van der Waals surface area contributed by atoms with E-state index in [-0.39, 0.29) is 18.8 Å². The van der Waals surface area contributed by atoms with Crippen molar-refractivity contribution in [3.05, 3.63) is 35.6 Å². The average molecular weight is 451 g/mol. The molecule has 2 aromatic rings. The number of nitrogens with zero attached hydrogens (tertiary/aromatic N) is 3. The van der Waals surface area contributed by atoms with Gasteiger partial charge in [0.25, 0.3) is 0 Å². The number of aromatic nitrogens is 3. The lowest BCUT2D eigenvalue weighted by Gasteiger charge is -2.11. The van der Waals surface area contributed by atoms with Gasteiger partial charge in [0.05, 0.1) is 32.8 Å². The Hall–Kier alpha value is -3.05. The topological polar surface area (TPSA) is 131 Å². The number of nitrogens with one attached hydrogen (secondary N) is 3. The number of halogens is 1. The molecule has 0 spiro atoms. The zero-order chi connectivity index (χ0) is 23.0. The van der Waals surface area contributed by atoms with Gasteiger partial charge in [-0.2, -0.15) is 15.0 Å². The van der Waals surface area contributed by atoms with Crippen LogP contribution in [0.1, 0.15) is 31.7 Å². The van der Waals surface area contributed by atoms with E-state index in [2.05, 4.69) is 37.8 Å². The SMILES string of the molecule is CCCCNc1nc(NCCOCCOCCC(=O)O)nc(NCc2cccc(F)c2)n1. The lowest BCUT2D eigenvalue weighted by molar-refractivity contribution is -0.138. The lowest BCUT2D eigenvalue weighted by Crippen LogP contribution is -2.17. The van der Waals surface area contributed by atoms with Crippen molar-refractivity contribution in [1.29, 1.82) is 0 Å². The number of benzene rings is 1. The molecule has 0 bridgehead atoms. The van der Waals surface area contributed by atoms with Crippen molar-refractivity contribution in [3.63, 3.8) is 0 Å². The van der Waals surface area contributed by atoms with Crippen LogP contribution in [0.4, 0.5) is 22.2 Å². The van der Waals surface area contributed by atoms with Crippen LogP contribution < -0.4 is 16.0 Å². The zero-order valence-electron chi connectivity index (χ0n) is 18.3. The smallest absolute Gasteiger partial charge is 0.305 e. The largest absolute Gasteiger partial charge is 0.481 e. The molecule has 4 N–H and O–H groups in total. The molecule has 0 unspecified atom stereocenters. The molecule has 11 heteroatoms. The average Bonchev–Trinajstić information content (AvgIpc) is 2.76. The van der Waals surface area contributed by atoms with E-state index in [0.29, 0.717) is 50.8 Å². The molecule has 1 aromatic carbocycles. The molecule has 0 fully saturated rings. The first-order valence-electron chi connectivity index (χ1n) is 10.7. The van der Waals surface area contributed by atoms with Crippen molar-refractivity contribution in [1.82, 2.24) is 15.0 Å². The van der Waals surface area contributed by atoms with Gasteiger partial charge in [-0.1, -0.05) is 25.5 Å². The van der Waals surface area contributed by atoms with Crippen LogP contribution in [0.2, 0.25) is 0 Å². The molecule has 0 aliphatic heterocycles. The second-order valence-corrected chi connectivity index (χ2v) is 6.87. The molecule has 1 heterocycles. The van der Waals surface area contributed by atoms with Gasteiger partial charge in [0, 0.05) is 19.6 Å². The van der Waals surface area contributed by atoms with Gasteiger partial charge in [-0.25, -0.2) is 4.39 Å². The van der Waals surface area contributed by atoms with Crippen molar-refractivity contribution in [2.75, 3.05) is 55.5 Å². The molecule has 0 saturated carbocycles. The fourth-order valence-corrected chi connectivity index (χ4v) is 2.53. The van der Waals surface area contributed by atoms with E-state index in [1.807, 2.05) is 6.07 Å². The maximum Gasteiger partial charge on any atom is 0.305 e. The van der Waals surface area contributed by atoms with Gasteiger partial charge in [-0.15, -0.1) is 0 Å². The van der Waals surface area contributed by atoms with Crippen molar-refractivity contribution >= 4 is 23.8 Å². The second-order valence-electron chi connectivity index (χ2n) is 6.87. The van der Waals surface area contributed by atoms with Gasteiger partial charge in [-0.05, 0) is 24.1 Å².